The molecular formula is C10H13NO3. The number of nitrogens with one attached hydrogen (secondary N) is 1. The Bertz CT molecular complexity index is 333. The van der Waals surface area contributed by atoms with Gasteiger partial charge in [0.15, 0.2) is 0 Å². The van der Waals surface area contributed by atoms with Crippen LogP contribution in [0.25, 0.3) is 0 Å². The van der Waals surface area contributed by atoms with Gasteiger partial charge in [0.1, 0.15) is 5.69 Å². The predicted octanol–water partition coefficient (Wildman–Crippen LogP) is 1.22. The second-order valence-corrected chi connectivity index (χ2v) is 3.48. The molecule has 0 saturated carbocycles. The molecule has 0 aromatic carbocycles. The highest BCUT2D eigenvalue weighted by atomic mass is 16.5. The van der Waals surface area contributed by atoms with E-state index in [1.807, 2.05) is 6.92 Å². The van der Waals surface area contributed by atoms with Crippen molar-refractivity contribution in [2.24, 2.45) is 0 Å². The van der Waals surface area contributed by atoms with Crippen LogP contribution in [0.4, 0.5) is 0 Å². The Hall–Kier alpha value is -1.29. The molecule has 2 N–H and O–H groups in total. The Morgan fingerprint density at radius 1 is 1.71 bits per heavy atom. The zero-order valence-electron chi connectivity index (χ0n) is 8.04. The molecule has 1 heterocycles. The monoisotopic (exact) mass is 195 g/mol. The highest BCUT2D eigenvalue weighted by Crippen LogP contribution is 2.24. The zero-order chi connectivity index (χ0) is 10.1. The van der Waals surface area contributed by atoms with Gasteiger partial charge in [-0.2, -0.15) is 0 Å². The van der Waals surface area contributed by atoms with E-state index in [9.17, 15) is 4.79 Å². The van der Waals surface area contributed by atoms with E-state index in [0.717, 1.165) is 24.1 Å². The average molecular weight is 195 g/mol. The van der Waals surface area contributed by atoms with E-state index in [1.54, 1.807) is 6.07 Å². The van der Waals surface area contributed by atoms with Gasteiger partial charge in [0.25, 0.3) is 0 Å². The summed E-state index contributed by atoms with van der Waals surface area (Å²) in [5.74, 6) is -0.896. The number of aromatic amines is 1. The summed E-state index contributed by atoms with van der Waals surface area (Å²) in [4.78, 5) is 13.6. The SMILES string of the molecule is CCO[C@@H]1Cc2cc(C(=O)O)[nH]c2C1. The van der Waals surface area contributed by atoms with Crippen LogP contribution >= 0.6 is 0 Å². The summed E-state index contributed by atoms with van der Waals surface area (Å²) in [6.07, 6.45) is 1.85. The molecule has 2 rings (SSSR count). The highest BCUT2D eigenvalue weighted by molar-refractivity contribution is 5.86. The first kappa shape index (κ1) is 9.27. The molecule has 0 aliphatic heterocycles. The third-order valence-electron chi connectivity index (χ3n) is 2.50. The first-order chi connectivity index (χ1) is 6.70. The molecule has 14 heavy (non-hydrogen) atoms. The van der Waals surface area contributed by atoms with Crippen molar-refractivity contribution in [1.29, 1.82) is 0 Å². The standard InChI is InChI=1S/C10H13NO3/c1-2-14-7-3-6-4-9(10(12)13)11-8(6)5-7/h4,7,11H,2-3,5H2,1H3,(H,12,13)/t7-/m1/s1. The summed E-state index contributed by atoms with van der Waals surface area (Å²) in [6.45, 7) is 2.68. The van der Waals surface area contributed by atoms with Gasteiger partial charge in [0.2, 0.25) is 0 Å². The van der Waals surface area contributed by atoms with Crippen molar-refractivity contribution in [3.8, 4) is 0 Å². The predicted molar refractivity (Wildman–Crippen MR) is 50.6 cm³/mol. The Balaban J connectivity index is 2.12. The van der Waals surface area contributed by atoms with Gasteiger partial charge in [-0.1, -0.05) is 0 Å². The number of H-pyrrole nitrogens is 1. The molecule has 0 radical (unpaired) electrons. The molecule has 0 amide bonds. The summed E-state index contributed by atoms with van der Waals surface area (Å²) >= 11 is 0. The fourth-order valence-electron chi connectivity index (χ4n) is 1.92. The minimum Gasteiger partial charge on any atom is -0.477 e. The smallest absolute Gasteiger partial charge is 0.352 e. The third kappa shape index (κ3) is 1.53. The number of rotatable bonds is 3. The first-order valence-corrected chi connectivity index (χ1v) is 4.76. The lowest BCUT2D eigenvalue weighted by Crippen LogP contribution is -2.13. The molecule has 0 bridgehead atoms. The van der Waals surface area contributed by atoms with E-state index in [0.29, 0.717) is 6.61 Å². The maximum atomic E-state index is 10.7. The van der Waals surface area contributed by atoms with E-state index in [2.05, 4.69) is 4.98 Å². The number of carboxylic acid groups (broad SMARTS) is 1. The van der Waals surface area contributed by atoms with Crippen LogP contribution in [0, 0.1) is 0 Å². The summed E-state index contributed by atoms with van der Waals surface area (Å²) in [7, 11) is 0. The van der Waals surface area contributed by atoms with Crippen molar-refractivity contribution in [2.75, 3.05) is 6.61 Å². The second-order valence-electron chi connectivity index (χ2n) is 3.48. The molecule has 4 nitrogen and oxygen atoms in total. The Morgan fingerprint density at radius 3 is 3.07 bits per heavy atom. The number of ether oxygens (including phenoxy) is 1. The quantitative estimate of drug-likeness (QED) is 0.762. The Labute approximate surface area is 81.9 Å². The maximum absolute atomic E-state index is 10.7. The molecule has 4 heteroatoms. The normalized spacial score (nSPS) is 19.6. The van der Waals surface area contributed by atoms with E-state index < -0.39 is 5.97 Å². The number of aromatic nitrogens is 1. The van der Waals surface area contributed by atoms with Crippen molar-refractivity contribution in [3.63, 3.8) is 0 Å². The molecule has 0 fully saturated rings. The molecular weight excluding hydrogens is 182 g/mol. The second kappa shape index (κ2) is 3.46. The van der Waals surface area contributed by atoms with E-state index in [1.165, 1.54) is 0 Å². The van der Waals surface area contributed by atoms with Crippen LogP contribution in [0.1, 0.15) is 28.7 Å². The number of aromatic carboxylic acids is 1. The molecule has 0 unspecified atom stereocenters. The van der Waals surface area contributed by atoms with Crippen molar-refractivity contribution in [2.45, 2.75) is 25.9 Å². The van der Waals surface area contributed by atoms with Gasteiger partial charge in [0.05, 0.1) is 6.10 Å². The van der Waals surface area contributed by atoms with Crippen molar-refractivity contribution in [1.82, 2.24) is 4.98 Å². The van der Waals surface area contributed by atoms with Gasteiger partial charge < -0.3 is 14.8 Å². The van der Waals surface area contributed by atoms with Crippen LogP contribution in [0.5, 0.6) is 0 Å². The molecule has 1 aliphatic rings. The molecule has 0 saturated heterocycles. The van der Waals surface area contributed by atoms with Gasteiger partial charge >= 0.3 is 5.97 Å². The molecule has 1 atom stereocenters. The summed E-state index contributed by atoms with van der Waals surface area (Å²) in [5.41, 5.74) is 2.38. The van der Waals surface area contributed by atoms with Gasteiger partial charge in [-0.15, -0.1) is 0 Å². The number of hydrogen-bond acceptors (Lipinski definition) is 2. The third-order valence-corrected chi connectivity index (χ3v) is 2.50. The lowest BCUT2D eigenvalue weighted by atomic mass is 10.2. The highest BCUT2D eigenvalue weighted by Gasteiger charge is 2.25. The summed E-state index contributed by atoms with van der Waals surface area (Å²) in [6, 6.07) is 1.71. The zero-order valence-corrected chi connectivity index (χ0v) is 8.04. The van der Waals surface area contributed by atoms with Gasteiger partial charge in [-0.25, -0.2) is 4.79 Å². The van der Waals surface area contributed by atoms with Gasteiger partial charge in [-0.3, -0.25) is 0 Å². The number of hydrogen-bond donors (Lipinski definition) is 2. The first-order valence-electron chi connectivity index (χ1n) is 4.76. The van der Waals surface area contributed by atoms with E-state index in [4.69, 9.17) is 9.84 Å². The largest absolute Gasteiger partial charge is 0.477 e. The van der Waals surface area contributed by atoms with Crippen LogP contribution in [0.15, 0.2) is 6.07 Å². The summed E-state index contributed by atoms with van der Waals surface area (Å²) in [5, 5.41) is 8.75. The number of carboxylic acids is 1. The molecule has 0 spiro atoms. The van der Waals surface area contributed by atoms with Crippen LogP contribution in [0.3, 0.4) is 0 Å². The fourth-order valence-corrected chi connectivity index (χ4v) is 1.92. The van der Waals surface area contributed by atoms with Crippen LogP contribution in [0.2, 0.25) is 0 Å². The van der Waals surface area contributed by atoms with Gasteiger partial charge in [-0.05, 0) is 18.6 Å². The topological polar surface area (TPSA) is 62.3 Å². The molecule has 1 aliphatic carbocycles. The van der Waals surface area contributed by atoms with Crippen molar-refractivity contribution >= 4 is 5.97 Å². The maximum Gasteiger partial charge on any atom is 0.352 e. The van der Waals surface area contributed by atoms with Crippen LogP contribution in [-0.2, 0) is 17.6 Å². The van der Waals surface area contributed by atoms with Crippen LogP contribution in [-0.4, -0.2) is 28.8 Å². The molecule has 76 valence electrons. The molecule has 1 aromatic heterocycles. The van der Waals surface area contributed by atoms with E-state index >= 15 is 0 Å². The van der Waals surface area contributed by atoms with Crippen LogP contribution < -0.4 is 0 Å². The van der Waals surface area contributed by atoms with Crippen molar-refractivity contribution in [3.05, 3.63) is 23.0 Å². The molecule has 1 aromatic rings. The number of carbonyl (C=O) groups is 1. The minimum atomic E-state index is -0.896. The average Bonchev–Trinajstić information content (AvgIpc) is 2.61. The summed E-state index contributed by atoms with van der Waals surface area (Å²) < 4.78 is 5.48. The fraction of sp³-hybridized carbons (Fsp3) is 0.500. The lowest BCUT2D eigenvalue weighted by Gasteiger charge is -2.08. The van der Waals surface area contributed by atoms with Crippen molar-refractivity contribution < 1.29 is 14.6 Å². The van der Waals surface area contributed by atoms with E-state index in [-0.39, 0.29) is 11.8 Å². The number of fused-ring (bicyclic) bond motifs is 1. The Kier molecular flexibility index (Phi) is 2.29. The Morgan fingerprint density at radius 2 is 2.50 bits per heavy atom. The minimum absolute atomic E-state index is 0.226. The van der Waals surface area contributed by atoms with Gasteiger partial charge in [0, 0.05) is 25.1 Å². The lowest BCUT2D eigenvalue weighted by molar-refractivity contribution is 0.0673.